The van der Waals surface area contributed by atoms with Crippen LogP contribution in [0.5, 0.6) is 0 Å². The number of para-hydroxylation sites is 1. The highest BCUT2D eigenvalue weighted by Crippen LogP contribution is 2.15. The summed E-state index contributed by atoms with van der Waals surface area (Å²) in [7, 11) is 1.72. The highest BCUT2D eigenvalue weighted by Gasteiger charge is 2.20. The zero-order valence-corrected chi connectivity index (χ0v) is 16.8. The normalized spacial score (nSPS) is 10.9. The molecule has 0 aliphatic heterocycles. The highest BCUT2D eigenvalue weighted by molar-refractivity contribution is 6.30. The summed E-state index contributed by atoms with van der Waals surface area (Å²) in [5.74, 6) is 0.518. The number of hydrogen-bond donors (Lipinski definition) is 0. The Morgan fingerprint density at radius 2 is 1.79 bits per heavy atom. The van der Waals surface area contributed by atoms with Crippen LogP contribution < -0.4 is 0 Å². The lowest BCUT2D eigenvalue weighted by Gasteiger charge is -2.13. The molecule has 29 heavy (non-hydrogen) atoms. The molecule has 0 saturated carbocycles. The standard InChI is InChI=1S/C21H19ClN6O/c1-15-24-20(25-28(15)19-10-8-17(22)9-11-19)21(29)26(2)13-16-12-23-27(14-16)18-6-4-3-5-7-18/h3-12,14H,13H2,1-2H3. The molecule has 0 aliphatic rings. The second kappa shape index (κ2) is 7.89. The van der Waals surface area contributed by atoms with Gasteiger partial charge in [0.1, 0.15) is 5.82 Å². The summed E-state index contributed by atoms with van der Waals surface area (Å²) in [6.45, 7) is 2.21. The van der Waals surface area contributed by atoms with Crippen molar-refractivity contribution in [3.63, 3.8) is 0 Å². The summed E-state index contributed by atoms with van der Waals surface area (Å²) in [4.78, 5) is 18.7. The molecule has 2 heterocycles. The van der Waals surface area contributed by atoms with Gasteiger partial charge >= 0.3 is 0 Å². The second-order valence-corrected chi connectivity index (χ2v) is 7.10. The fraction of sp³-hybridized carbons (Fsp3) is 0.143. The van der Waals surface area contributed by atoms with Crippen LogP contribution in [0.1, 0.15) is 22.0 Å². The Morgan fingerprint density at radius 1 is 1.07 bits per heavy atom. The van der Waals surface area contributed by atoms with Crippen LogP contribution in [-0.2, 0) is 6.54 Å². The Hall–Kier alpha value is -3.45. The molecule has 8 heteroatoms. The van der Waals surface area contributed by atoms with Gasteiger partial charge < -0.3 is 4.90 Å². The molecular formula is C21H19ClN6O. The van der Waals surface area contributed by atoms with Gasteiger partial charge in [0.2, 0.25) is 5.82 Å². The van der Waals surface area contributed by atoms with Gasteiger partial charge in [-0.05, 0) is 43.3 Å². The molecule has 2 aromatic carbocycles. The number of carbonyl (C=O) groups excluding carboxylic acids is 1. The summed E-state index contributed by atoms with van der Waals surface area (Å²) >= 11 is 5.94. The third-order valence-electron chi connectivity index (χ3n) is 4.45. The molecule has 146 valence electrons. The van der Waals surface area contributed by atoms with Crippen LogP contribution in [0.15, 0.2) is 67.0 Å². The first-order valence-corrected chi connectivity index (χ1v) is 9.43. The van der Waals surface area contributed by atoms with E-state index in [4.69, 9.17) is 11.6 Å². The monoisotopic (exact) mass is 406 g/mol. The number of halogens is 1. The quantitative estimate of drug-likeness (QED) is 0.507. The van der Waals surface area contributed by atoms with E-state index in [9.17, 15) is 4.79 Å². The zero-order chi connectivity index (χ0) is 20.4. The molecule has 4 aromatic rings. The van der Waals surface area contributed by atoms with Crippen molar-refractivity contribution in [2.24, 2.45) is 0 Å². The van der Waals surface area contributed by atoms with Crippen molar-refractivity contribution in [1.29, 1.82) is 0 Å². The molecule has 0 atom stereocenters. The van der Waals surface area contributed by atoms with Gasteiger partial charge in [0.05, 0.1) is 17.6 Å². The molecule has 0 bridgehead atoms. The molecule has 0 aliphatic carbocycles. The number of amides is 1. The predicted molar refractivity (Wildman–Crippen MR) is 110 cm³/mol. The van der Waals surface area contributed by atoms with E-state index in [-0.39, 0.29) is 11.7 Å². The molecule has 4 rings (SSSR count). The van der Waals surface area contributed by atoms with Gasteiger partial charge in [-0.2, -0.15) is 5.10 Å². The highest BCUT2D eigenvalue weighted by atomic mass is 35.5. The van der Waals surface area contributed by atoms with Gasteiger partial charge in [-0.1, -0.05) is 29.8 Å². The van der Waals surface area contributed by atoms with E-state index in [2.05, 4.69) is 15.2 Å². The molecule has 0 radical (unpaired) electrons. The maximum atomic E-state index is 12.8. The first-order valence-electron chi connectivity index (χ1n) is 9.05. The maximum absolute atomic E-state index is 12.8. The van der Waals surface area contributed by atoms with Gasteiger partial charge in [-0.15, -0.1) is 5.10 Å². The van der Waals surface area contributed by atoms with E-state index in [1.807, 2.05) is 55.6 Å². The maximum Gasteiger partial charge on any atom is 0.293 e. The van der Waals surface area contributed by atoms with Crippen molar-refractivity contribution in [2.45, 2.75) is 13.5 Å². The Balaban J connectivity index is 1.49. The SMILES string of the molecule is Cc1nc(C(=O)N(C)Cc2cnn(-c3ccccc3)c2)nn1-c1ccc(Cl)cc1. The van der Waals surface area contributed by atoms with Crippen LogP contribution in [0.25, 0.3) is 11.4 Å². The fourth-order valence-electron chi connectivity index (χ4n) is 2.99. The van der Waals surface area contributed by atoms with Gasteiger partial charge in [0.25, 0.3) is 5.91 Å². The van der Waals surface area contributed by atoms with Crippen molar-refractivity contribution in [2.75, 3.05) is 7.05 Å². The number of carbonyl (C=O) groups is 1. The molecule has 0 unspecified atom stereocenters. The smallest absolute Gasteiger partial charge is 0.293 e. The number of benzene rings is 2. The third kappa shape index (κ3) is 4.05. The number of nitrogens with zero attached hydrogens (tertiary/aromatic N) is 6. The third-order valence-corrected chi connectivity index (χ3v) is 4.71. The van der Waals surface area contributed by atoms with E-state index in [0.717, 1.165) is 16.9 Å². The summed E-state index contributed by atoms with van der Waals surface area (Å²) < 4.78 is 3.41. The Bertz CT molecular complexity index is 1130. The number of rotatable bonds is 5. The summed E-state index contributed by atoms with van der Waals surface area (Å²) in [5, 5.41) is 9.38. The van der Waals surface area contributed by atoms with Gasteiger partial charge in [0, 0.05) is 30.4 Å². The van der Waals surface area contributed by atoms with Crippen molar-refractivity contribution in [3.8, 4) is 11.4 Å². The van der Waals surface area contributed by atoms with Gasteiger partial charge in [-0.25, -0.2) is 14.3 Å². The van der Waals surface area contributed by atoms with Crippen molar-refractivity contribution >= 4 is 17.5 Å². The largest absolute Gasteiger partial charge is 0.334 e. The van der Waals surface area contributed by atoms with E-state index < -0.39 is 0 Å². The number of aromatic nitrogens is 5. The Kier molecular flexibility index (Phi) is 5.14. The van der Waals surface area contributed by atoms with Crippen molar-refractivity contribution < 1.29 is 4.79 Å². The predicted octanol–water partition coefficient (Wildman–Crippen LogP) is 3.69. The molecule has 0 fully saturated rings. The number of aryl methyl sites for hydroxylation is 1. The van der Waals surface area contributed by atoms with Crippen LogP contribution in [0.2, 0.25) is 5.02 Å². The van der Waals surface area contributed by atoms with Crippen LogP contribution in [0.4, 0.5) is 0 Å². The topological polar surface area (TPSA) is 68.8 Å². The summed E-state index contributed by atoms with van der Waals surface area (Å²) in [6.07, 6.45) is 3.66. The number of hydrogen-bond acceptors (Lipinski definition) is 4. The second-order valence-electron chi connectivity index (χ2n) is 6.66. The van der Waals surface area contributed by atoms with Crippen LogP contribution in [0, 0.1) is 6.92 Å². The fourth-order valence-corrected chi connectivity index (χ4v) is 3.11. The lowest BCUT2D eigenvalue weighted by atomic mass is 10.3. The lowest BCUT2D eigenvalue weighted by Crippen LogP contribution is -2.27. The van der Waals surface area contributed by atoms with Gasteiger partial charge in [0.15, 0.2) is 0 Å². The minimum Gasteiger partial charge on any atom is -0.334 e. The molecule has 2 aromatic heterocycles. The van der Waals surface area contributed by atoms with Crippen molar-refractivity contribution in [1.82, 2.24) is 29.4 Å². The van der Waals surface area contributed by atoms with Crippen LogP contribution in [0.3, 0.4) is 0 Å². The zero-order valence-electron chi connectivity index (χ0n) is 16.0. The molecule has 0 saturated heterocycles. The molecular weight excluding hydrogens is 388 g/mol. The first kappa shape index (κ1) is 18.9. The molecule has 7 nitrogen and oxygen atoms in total. The van der Waals surface area contributed by atoms with Crippen LogP contribution >= 0.6 is 11.6 Å². The molecule has 0 spiro atoms. The summed E-state index contributed by atoms with van der Waals surface area (Å²) in [5.41, 5.74) is 2.68. The van der Waals surface area contributed by atoms with Gasteiger partial charge in [-0.3, -0.25) is 4.79 Å². The van der Waals surface area contributed by atoms with E-state index in [0.29, 0.717) is 17.4 Å². The Morgan fingerprint density at radius 3 is 2.52 bits per heavy atom. The molecule has 1 amide bonds. The lowest BCUT2D eigenvalue weighted by molar-refractivity contribution is 0.0773. The minimum absolute atomic E-state index is 0.149. The Labute approximate surface area is 173 Å². The van der Waals surface area contributed by atoms with Crippen LogP contribution in [-0.4, -0.2) is 42.4 Å². The average molecular weight is 407 g/mol. The van der Waals surface area contributed by atoms with E-state index >= 15 is 0 Å². The van der Waals surface area contributed by atoms with E-state index in [1.165, 1.54) is 0 Å². The molecule has 0 N–H and O–H groups in total. The first-order chi connectivity index (χ1) is 14.0. The minimum atomic E-state index is -0.256. The van der Waals surface area contributed by atoms with Crippen molar-refractivity contribution in [3.05, 3.63) is 89.2 Å². The summed E-state index contributed by atoms with van der Waals surface area (Å²) in [6, 6.07) is 17.0. The van der Waals surface area contributed by atoms with E-state index in [1.54, 1.807) is 39.6 Å². The average Bonchev–Trinajstić information content (AvgIpc) is 3.35.